The van der Waals surface area contributed by atoms with E-state index in [1.54, 1.807) is 7.11 Å². The van der Waals surface area contributed by atoms with Crippen LogP contribution < -0.4 is 5.32 Å². The number of hydrogen-bond acceptors (Lipinski definition) is 3. The first-order valence-electron chi connectivity index (χ1n) is 6.63. The Morgan fingerprint density at radius 1 is 1.53 bits per heavy atom. The predicted octanol–water partition coefficient (Wildman–Crippen LogP) is 1.01. The van der Waals surface area contributed by atoms with Gasteiger partial charge >= 0.3 is 0 Å². The van der Waals surface area contributed by atoms with Crippen molar-refractivity contribution in [3.63, 3.8) is 0 Å². The van der Waals surface area contributed by atoms with Gasteiger partial charge in [-0.1, -0.05) is 6.92 Å². The number of carbonyl (C=O) groups is 1. The molecule has 3 atom stereocenters. The van der Waals surface area contributed by atoms with Crippen molar-refractivity contribution in [2.24, 2.45) is 5.92 Å². The number of nitrogens with zero attached hydrogens (tertiary/aromatic N) is 1. The Bertz CT molecular complexity index is 295. The Morgan fingerprint density at radius 3 is 2.88 bits per heavy atom. The highest BCUT2D eigenvalue weighted by molar-refractivity contribution is 5.82. The second-order valence-electron chi connectivity index (χ2n) is 5.72. The third kappa shape index (κ3) is 2.63. The van der Waals surface area contributed by atoms with Crippen molar-refractivity contribution in [2.45, 2.75) is 44.8 Å². The van der Waals surface area contributed by atoms with Gasteiger partial charge in [0.25, 0.3) is 0 Å². The monoisotopic (exact) mass is 240 g/mol. The lowest BCUT2D eigenvalue weighted by atomic mass is 9.93. The van der Waals surface area contributed by atoms with Gasteiger partial charge in [-0.2, -0.15) is 0 Å². The van der Waals surface area contributed by atoms with Gasteiger partial charge in [0.2, 0.25) is 5.91 Å². The summed E-state index contributed by atoms with van der Waals surface area (Å²) < 4.78 is 5.53. The molecule has 0 aliphatic carbocycles. The van der Waals surface area contributed by atoms with Crippen LogP contribution in [0.3, 0.4) is 0 Å². The Kier molecular flexibility index (Phi) is 3.73. The molecule has 0 aromatic rings. The molecule has 2 aliphatic heterocycles. The number of hydrogen-bond donors (Lipinski definition) is 1. The smallest absolute Gasteiger partial charge is 0.240 e. The largest absolute Gasteiger partial charge is 0.377 e. The van der Waals surface area contributed by atoms with Crippen LogP contribution in [0.4, 0.5) is 0 Å². The number of methoxy groups -OCH3 is 1. The van der Waals surface area contributed by atoms with Crippen LogP contribution >= 0.6 is 0 Å². The number of piperidine rings is 1. The first-order valence-corrected chi connectivity index (χ1v) is 6.63. The molecular formula is C13H24N2O2. The topological polar surface area (TPSA) is 41.6 Å². The molecule has 2 saturated heterocycles. The Morgan fingerprint density at radius 2 is 2.29 bits per heavy atom. The highest BCUT2D eigenvalue weighted by Gasteiger charge is 2.38. The van der Waals surface area contributed by atoms with Gasteiger partial charge in [-0.15, -0.1) is 0 Å². The Labute approximate surface area is 104 Å². The second-order valence-corrected chi connectivity index (χ2v) is 5.72. The zero-order chi connectivity index (χ0) is 12.5. The van der Waals surface area contributed by atoms with E-state index in [1.807, 2.05) is 4.90 Å². The van der Waals surface area contributed by atoms with Gasteiger partial charge < -0.3 is 15.0 Å². The quantitative estimate of drug-likeness (QED) is 0.783. The van der Waals surface area contributed by atoms with E-state index in [1.165, 1.54) is 0 Å². The van der Waals surface area contributed by atoms with Crippen molar-refractivity contribution in [2.75, 3.05) is 26.7 Å². The summed E-state index contributed by atoms with van der Waals surface area (Å²) in [5, 5.41) is 3.32. The van der Waals surface area contributed by atoms with E-state index >= 15 is 0 Å². The van der Waals surface area contributed by atoms with E-state index in [2.05, 4.69) is 19.2 Å². The van der Waals surface area contributed by atoms with Crippen LogP contribution in [0, 0.1) is 5.92 Å². The zero-order valence-corrected chi connectivity index (χ0v) is 11.2. The summed E-state index contributed by atoms with van der Waals surface area (Å²) in [5.74, 6) is 0.719. The van der Waals surface area contributed by atoms with E-state index < -0.39 is 0 Å². The van der Waals surface area contributed by atoms with E-state index in [4.69, 9.17) is 4.74 Å². The van der Waals surface area contributed by atoms with Gasteiger partial charge in [0.05, 0.1) is 11.6 Å². The first-order chi connectivity index (χ1) is 8.06. The molecular weight excluding hydrogens is 216 g/mol. The Hall–Kier alpha value is -0.610. The molecule has 4 nitrogen and oxygen atoms in total. The molecule has 1 amide bonds. The molecule has 0 bridgehead atoms. The van der Waals surface area contributed by atoms with Crippen molar-refractivity contribution in [1.82, 2.24) is 10.2 Å². The summed E-state index contributed by atoms with van der Waals surface area (Å²) in [4.78, 5) is 14.4. The lowest BCUT2D eigenvalue weighted by Crippen LogP contribution is -2.54. The van der Waals surface area contributed by atoms with Gasteiger partial charge in [-0.3, -0.25) is 4.79 Å². The second kappa shape index (κ2) is 4.94. The number of carbonyl (C=O) groups excluding carboxylic acids is 1. The SMILES string of the molecule is COC1(C)CCCN(C(=O)C2NCCC2C)C1. The molecule has 98 valence electrons. The number of ether oxygens (including phenoxy) is 1. The minimum atomic E-state index is -0.157. The molecule has 0 spiro atoms. The van der Waals surface area contributed by atoms with Gasteiger partial charge in [0, 0.05) is 20.2 Å². The third-order valence-electron chi connectivity index (χ3n) is 4.26. The molecule has 0 aromatic carbocycles. The standard InChI is InChI=1S/C13H24N2O2/c1-10-5-7-14-11(10)12(16)15-8-4-6-13(2,9-15)17-3/h10-11,14H,4-9H2,1-3H3. The highest BCUT2D eigenvalue weighted by Crippen LogP contribution is 2.26. The fourth-order valence-electron chi connectivity index (χ4n) is 2.92. The van der Waals surface area contributed by atoms with Crippen molar-refractivity contribution < 1.29 is 9.53 Å². The summed E-state index contributed by atoms with van der Waals surface area (Å²) in [6.45, 7) is 6.82. The average molecular weight is 240 g/mol. The van der Waals surface area contributed by atoms with Gasteiger partial charge in [-0.05, 0) is 38.6 Å². The molecule has 17 heavy (non-hydrogen) atoms. The number of nitrogens with one attached hydrogen (secondary N) is 1. The van der Waals surface area contributed by atoms with E-state index in [-0.39, 0.29) is 17.6 Å². The van der Waals surface area contributed by atoms with Crippen molar-refractivity contribution in [3.8, 4) is 0 Å². The number of amides is 1. The van der Waals surface area contributed by atoms with E-state index in [0.717, 1.165) is 38.9 Å². The van der Waals surface area contributed by atoms with Crippen molar-refractivity contribution in [3.05, 3.63) is 0 Å². The lowest BCUT2D eigenvalue weighted by molar-refractivity contribution is -0.141. The molecule has 0 saturated carbocycles. The van der Waals surface area contributed by atoms with Gasteiger partial charge in [0.1, 0.15) is 0 Å². The summed E-state index contributed by atoms with van der Waals surface area (Å²) in [5.41, 5.74) is -0.157. The molecule has 0 radical (unpaired) electrons. The lowest BCUT2D eigenvalue weighted by Gasteiger charge is -2.40. The Balaban J connectivity index is 1.99. The molecule has 4 heteroatoms. The molecule has 2 fully saturated rings. The normalized spacial score (nSPS) is 38.4. The fourth-order valence-corrected chi connectivity index (χ4v) is 2.92. The number of likely N-dealkylation sites (tertiary alicyclic amines) is 1. The first kappa shape index (κ1) is 12.8. The maximum Gasteiger partial charge on any atom is 0.240 e. The van der Waals surface area contributed by atoms with Crippen molar-refractivity contribution in [1.29, 1.82) is 0 Å². The highest BCUT2D eigenvalue weighted by atomic mass is 16.5. The van der Waals surface area contributed by atoms with Crippen molar-refractivity contribution >= 4 is 5.91 Å². The van der Waals surface area contributed by atoms with Crippen LogP contribution in [-0.2, 0) is 9.53 Å². The van der Waals surface area contributed by atoms with E-state index in [9.17, 15) is 4.79 Å². The van der Waals surface area contributed by atoms with Crippen LogP contribution in [0.1, 0.15) is 33.1 Å². The van der Waals surface area contributed by atoms with Crippen LogP contribution in [0.15, 0.2) is 0 Å². The third-order valence-corrected chi connectivity index (χ3v) is 4.26. The summed E-state index contributed by atoms with van der Waals surface area (Å²) in [7, 11) is 1.74. The fraction of sp³-hybridized carbons (Fsp3) is 0.923. The maximum atomic E-state index is 12.4. The molecule has 2 heterocycles. The van der Waals surface area contributed by atoms with Crippen LogP contribution in [0.2, 0.25) is 0 Å². The van der Waals surface area contributed by atoms with Crippen LogP contribution in [0.25, 0.3) is 0 Å². The van der Waals surface area contributed by atoms with Crippen LogP contribution in [-0.4, -0.2) is 49.2 Å². The minimum Gasteiger partial charge on any atom is -0.377 e. The summed E-state index contributed by atoms with van der Waals surface area (Å²) >= 11 is 0. The van der Waals surface area contributed by atoms with Crippen LogP contribution in [0.5, 0.6) is 0 Å². The summed E-state index contributed by atoms with van der Waals surface area (Å²) in [6, 6.07) is 0.0224. The molecule has 3 unspecified atom stereocenters. The predicted molar refractivity (Wildman–Crippen MR) is 66.8 cm³/mol. The minimum absolute atomic E-state index is 0.0224. The van der Waals surface area contributed by atoms with Gasteiger partial charge in [-0.25, -0.2) is 0 Å². The summed E-state index contributed by atoms with van der Waals surface area (Å²) in [6.07, 6.45) is 3.18. The maximum absolute atomic E-state index is 12.4. The number of rotatable bonds is 2. The zero-order valence-electron chi connectivity index (χ0n) is 11.2. The average Bonchev–Trinajstić information content (AvgIpc) is 2.75. The van der Waals surface area contributed by atoms with E-state index in [0.29, 0.717) is 5.92 Å². The molecule has 0 aromatic heterocycles. The molecule has 2 aliphatic rings. The van der Waals surface area contributed by atoms with Gasteiger partial charge in [0.15, 0.2) is 0 Å². The molecule has 2 rings (SSSR count). The molecule has 1 N–H and O–H groups in total.